The van der Waals surface area contributed by atoms with Crippen LogP contribution < -0.4 is 11.1 Å². The topological polar surface area (TPSA) is 38.0 Å². The van der Waals surface area contributed by atoms with E-state index in [4.69, 9.17) is 17.3 Å². The summed E-state index contributed by atoms with van der Waals surface area (Å²) >= 11 is 9.47. The van der Waals surface area contributed by atoms with Crippen molar-refractivity contribution in [2.45, 2.75) is 19.4 Å². The number of benzene rings is 1. The quantitative estimate of drug-likeness (QED) is 0.875. The largest absolute Gasteiger partial charge is 0.329 e. The van der Waals surface area contributed by atoms with Crippen LogP contribution in [0.15, 0.2) is 22.7 Å². The molecule has 2 nitrogen and oxygen atoms in total. The minimum Gasteiger partial charge on any atom is -0.329 e. The molecular formula is C11H16BrClN2. The van der Waals surface area contributed by atoms with E-state index >= 15 is 0 Å². The van der Waals surface area contributed by atoms with E-state index in [0.29, 0.717) is 6.54 Å². The van der Waals surface area contributed by atoms with Gasteiger partial charge in [-0.1, -0.05) is 34.5 Å². The molecule has 0 aliphatic rings. The molecule has 0 spiro atoms. The predicted octanol–water partition coefficient (Wildman–Crippen LogP) is 3.10. The molecule has 0 radical (unpaired) electrons. The molecule has 3 N–H and O–H groups in total. The number of halogens is 2. The van der Waals surface area contributed by atoms with Crippen molar-refractivity contribution in [1.29, 1.82) is 0 Å². The van der Waals surface area contributed by atoms with Crippen LogP contribution in [0.3, 0.4) is 0 Å². The fourth-order valence-electron chi connectivity index (χ4n) is 1.42. The lowest BCUT2D eigenvalue weighted by Crippen LogP contribution is -2.29. The van der Waals surface area contributed by atoms with Crippen molar-refractivity contribution < 1.29 is 0 Å². The van der Waals surface area contributed by atoms with Crippen molar-refractivity contribution in [1.82, 2.24) is 5.32 Å². The first-order valence-corrected chi connectivity index (χ1v) is 6.24. The second-order valence-corrected chi connectivity index (χ2v) is 4.70. The molecule has 1 unspecified atom stereocenters. The van der Waals surface area contributed by atoms with E-state index in [9.17, 15) is 0 Å². The van der Waals surface area contributed by atoms with Gasteiger partial charge in [0.15, 0.2) is 0 Å². The van der Waals surface area contributed by atoms with Gasteiger partial charge in [-0.05, 0) is 36.7 Å². The second kappa shape index (κ2) is 6.48. The third-order valence-electron chi connectivity index (χ3n) is 2.21. The van der Waals surface area contributed by atoms with Crippen molar-refractivity contribution in [3.63, 3.8) is 0 Å². The van der Waals surface area contributed by atoms with Crippen LogP contribution in [0.25, 0.3) is 0 Å². The first-order chi connectivity index (χ1) is 7.19. The van der Waals surface area contributed by atoms with Gasteiger partial charge < -0.3 is 11.1 Å². The Bertz CT molecular complexity index is 317. The summed E-state index contributed by atoms with van der Waals surface area (Å²) in [5.74, 6) is 0. The van der Waals surface area contributed by atoms with Crippen molar-refractivity contribution >= 4 is 27.5 Å². The zero-order valence-electron chi connectivity index (χ0n) is 8.76. The molecule has 1 rings (SSSR count). The molecule has 84 valence electrons. The summed E-state index contributed by atoms with van der Waals surface area (Å²) in [6.07, 6.45) is 1.09. The minimum absolute atomic E-state index is 0.165. The van der Waals surface area contributed by atoms with Crippen LogP contribution in [0.5, 0.6) is 0 Å². The van der Waals surface area contributed by atoms with Gasteiger partial charge in [0.2, 0.25) is 0 Å². The lowest BCUT2D eigenvalue weighted by molar-refractivity contribution is 0.538. The third-order valence-corrected chi connectivity index (χ3v) is 3.17. The summed E-state index contributed by atoms with van der Waals surface area (Å²) < 4.78 is 1.05. The highest BCUT2D eigenvalue weighted by molar-refractivity contribution is 9.10. The van der Waals surface area contributed by atoms with E-state index in [1.165, 1.54) is 0 Å². The van der Waals surface area contributed by atoms with E-state index in [1.54, 1.807) is 0 Å². The molecule has 1 aromatic rings. The Kier molecular flexibility index (Phi) is 5.61. The molecule has 0 fully saturated rings. The van der Waals surface area contributed by atoms with Gasteiger partial charge in [-0.3, -0.25) is 0 Å². The van der Waals surface area contributed by atoms with Gasteiger partial charge in [0.05, 0.1) is 0 Å². The van der Waals surface area contributed by atoms with Crippen LogP contribution in [0.4, 0.5) is 0 Å². The highest BCUT2D eigenvalue weighted by Gasteiger charge is 2.12. The molecule has 1 atom stereocenters. The normalized spacial score (nSPS) is 12.8. The summed E-state index contributed by atoms with van der Waals surface area (Å²) in [7, 11) is 0. The molecule has 0 heterocycles. The average Bonchev–Trinajstić information content (AvgIpc) is 2.24. The molecule has 1 aromatic carbocycles. The number of nitrogens with one attached hydrogen (secondary N) is 1. The fourth-order valence-corrected chi connectivity index (χ4v) is 2.12. The van der Waals surface area contributed by atoms with Crippen molar-refractivity contribution in [3.8, 4) is 0 Å². The molecule has 0 aliphatic heterocycles. The molecule has 0 aromatic heterocycles. The van der Waals surface area contributed by atoms with E-state index in [0.717, 1.165) is 28.0 Å². The van der Waals surface area contributed by atoms with E-state index in [2.05, 4.69) is 28.2 Å². The molecule has 0 amide bonds. The lowest BCUT2D eigenvalue weighted by atomic mass is 10.1. The highest BCUT2D eigenvalue weighted by atomic mass is 79.9. The van der Waals surface area contributed by atoms with Crippen LogP contribution >= 0.6 is 27.5 Å². The van der Waals surface area contributed by atoms with E-state index in [1.807, 2.05) is 18.2 Å². The van der Waals surface area contributed by atoms with Gasteiger partial charge in [0.1, 0.15) is 0 Å². The van der Waals surface area contributed by atoms with Gasteiger partial charge in [0, 0.05) is 22.1 Å². The maximum absolute atomic E-state index is 5.96. The predicted molar refractivity (Wildman–Crippen MR) is 69.2 cm³/mol. The maximum atomic E-state index is 5.96. The SMILES string of the molecule is CCCNC(CN)c1cc(Cl)ccc1Br. The fraction of sp³-hybridized carbons (Fsp3) is 0.455. The van der Waals surface area contributed by atoms with Crippen molar-refractivity contribution in [3.05, 3.63) is 33.3 Å². The van der Waals surface area contributed by atoms with E-state index in [-0.39, 0.29) is 6.04 Å². The van der Waals surface area contributed by atoms with Crippen LogP contribution in [0.1, 0.15) is 24.9 Å². The Balaban J connectivity index is 2.85. The molecule has 0 saturated carbocycles. The van der Waals surface area contributed by atoms with E-state index < -0.39 is 0 Å². The van der Waals surface area contributed by atoms with Crippen LogP contribution in [-0.4, -0.2) is 13.1 Å². The smallest absolute Gasteiger partial charge is 0.0456 e. The summed E-state index contributed by atoms with van der Waals surface area (Å²) in [5.41, 5.74) is 6.86. The molecule has 15 heavy (non-hydrogen) atoms. The summed E-state index contributed by atoms with van der Waals surface area (Å²) in [4.78, 5) is 0. The maximum Gasteiger partial charge on any atom is 0.0456 e. The Morgan fingerprint density at radius 3 is 2.87 bits per heavy atom. The molecule has 0 bridgehead atoms. The lowest BCUT2D eigenvalue weighted by Gasteiger charge is -2.18. The monoisotopic (exact) mass is 290 g/mol. The number of hydrogen-bond donors (Lipinski definition) is 2. The Morgan fingerprint density at radius 2 is 2.27 bits per heavy atom. The Morgan fingerprint density at radius 1 is 1.53 bits per heavy atom. The van der Waals surface area contributed by atoms with Gasteiger partial charge in [-0.25, -0.2) is 0 Å². The van der Waals surface area contributed by atoms with Gasteiger partial charge in [-0.2, -0.15) is 0 Å². The Hall–Kier alpha value is -0.0900. The Labute approximate surface area is 104 Å². The first-order valence-electron chi connectivity index (χ1n) is 5.07. The minimum atomic E-state index is 0.165. The van der Waals surface area contributed by atoms with Crippen LogP contribution in [-0.2, 0) is 0 Å². The zero-order chi connectivity index (χ0) is 11.3. The number of hydrogen-bond acceptors (Lipinski definition) is 2. The average molecular weight is 292 g/mol. The summed E-state index contributed by atoms with van der Waals surface area (Å²) in [6.45, 7) is 3.66. The molecule has 4 heteroatoms. The summed E-state index contributed by atoms with van der Waals surface area (Å²) in [6, 6.07) is 5.93. The molecule has 0 aliphatic carbocycles. The van der Waals surface area contributed by atoms with Gasteiger partial charge in [0.25, 0.3) is 0 Å². The second-order valence-electron chi connectivity index (χ2n) is 3.41. The number of nitrogens with two attached hydrogens (primary N) is 1. The molecular weight excluding hydrogens is 275 g/mol. The molecule has 0 saturated heterocycles. The van der Waals surface area contributed by atoms with Crippen LogP contribution in [0.2, 0.25) is 5.02 Å². The van der Waals surface area contributed by atoms with Crippen LogP contribution in [0, 0.1) is 0 Å². The van der Waals surface area contributed by atoms with Crippen molar-refractivity contribution in [2.75, 3.05) is 13.1 Å². The summed E-state index contributed by atoms with van der Waals surface area (Å²) in [5, 5.41) is 4.13. The standard InChI is InChI=1S/C11H16BrClN2/c1-2-5-15-11(7-14)9-6-8(13)3-4-10(9)12/h3-4,6,11,15H,2,5,7,14H2,1H3. The zero-order valence-corrected chi connectivity index (χ0v) is 11.1. The highest BCUT2D eigenvalue weighted by Crippen LogP contribution is 2.26. The van der Waals surface area contributed by atoms with Gasteiger partial charge in [-0.15, -0.1) is 0 Å². The third kappa shape index (κ3) is 3.76. The van der Waals surface area contributed by atoms with Crippen molar-refractivity contribution in [2.24, 2.45) is 5.73 Å². The number of rotatable bonds is 5. The van der Waals surface area contributed by atoms with Gasteiger partial charge >= 0.3 is 0 Å². The first kappa shape index (κ1) is 13.0.